The number of amides is 1. The van der Waals surface area contributed by atoms with Crippen molar-refractivity contribution in [3.05, 3.63) is 71.9 Å². The van der Waals surface area contributed by atoms with Gasteiger partial charge in [0.15, 0.2) is 6.61 Å². The molecule has 0 radical (unpaired) electrons. The van der Waals surface area contributed by atoms with Gasteiger partial charge in [0.1, 0.15) is 17.4 Å². The van der Waals surface area contributed by atoms with Gasteiger partial charge in [0.25, 0.3) is 5.91 Å². The van der Waals surface area contributed by atoms with Gasteiger partial charge >= 0.3 is 0 Å². The van der Waals surface area contributed by atoms with Gasteiger partial charge in [0.2, 0.25) is 5.95 Å². The molecule has 3 heterocycles. The summed E-state index contributed by atoms with van der Waals surface area (Å²) in [5, 5.41) is 3.13. The van der Waals surface area contributed by atoms with Crippen LogP contribution < -0.4 is 10.1 Å². The maximum Gasteiger partial charge on any atom is 0.260 e. The molecule has 8 heteroatoms. The van der Waals surface area contributed by atoms with Gasteiger partial charge in [0.05, 0.1) is 5.69 Å². The van der Waals surface area contributed by atoms with Gasteiger partial charge < -0.3 is 15.0 Å². The van der Waals surface area contributed by atoms with Crippen LogP contribution >= 0.6 is 0 Å². The number of carbonyl (C=O) groups is 1. The Balaban J connectivity index is 1.37. The fourth-order valence-electron chi connectivity index (χ4n) is 3.53. The maximum absolute atomic E-state index is 13.0. The Hall–Kier alpha value is -3.55. The number of anilines is 2. The molecule has 3 aromatic rings. The minimum atomic E-state index is -0.339. The van der Waals surface area contributed by atoms with Gasteiger partial charge in [-0.05, 0) is 61.7 Å². The quantitative estimate of drug-likeness (QED) is 0.651. The highest BCUT2D eigenvalue weighted by Gasteiger charge is 2.26. The van der Waals surface area contributed by atoms with Crippen LogP contribution in [-0.4, -0.2) is 45.5 Å². The summed E-state index contributed by atoms with van der Waals surface area (Å²) >= 11 is 0. The zero-order valence-corrected chi connectivity index (χ0v) is 17.3. The molecule has 1 amide bonds. The lowest BCUT2D eigenvalue weighted by molar-refractivity contribution is -0.134. The molecule has 0 spiro atoms. The Kier molecular flexibility index (Phi) is 6.35. The smallest absolute Gasteiger partial charge is 0.260 e. The van der Waals surface area contributed by atoms with Crippen molar-refractivity contribution in [1.29, 1.82) is 0 Å². The second-order valence-electron chi connectivity index (χ2n) is 7.57. The fraction of sp³-hybridized carbons (Fsp3) is 0.304. The number of aromatic nitrogens is 3. The summed E-state index contributed by atoms with van der Waals surface area (Å²) in [5.41, 5.74) is 1.97. The number of pyridine rings is 1. The van der Waals surface area contributed by atoms with E-state index in [1.165, 1.54) is 24.3 Å². The van der Waals surface area contributed by atoms with Gasteiger partial charge in [-0.3, -0.25) is 4.79 Å². The van der Waals surface area contributed by atoms with Crippen molar-refractivity contribution < 1.29 is 13.9 Å². The first-order valence-corrected chi connectivity index (χ1v) is 10.3. The summed E-state index contributed by atoms with van der Waals surface area (Å²) in [5.74, 6) is 1.33. The number of carbonyl (C=O) groups excluding carboxylic acids is 1. The van der Waals surface area contributed by atoms with Crippen molar-refractivity contribution in [3.63, 3.8) is 0 Å². The van der Waals surface area contributed by atoms with Crippen molar-refractivity contribution in [2.45, 2.75) is 25.7 Å². The van der Waals surface area contributed by atoms with Gasteiger partial charge in [-0.25, -0.2) is 19.3 Å². The third-order valence-electron chi connectivity index (χ3n) is 5.20. The van der Waals surface area contributed by atoms with Gasteiger partial charge in [-0.1, -0.05) is 6.07 Å². The van der Waals surface area contributed by atoms with Crippen molar-refractivity contribution in [2.24, 2.45) is 0 Å². The summed E-state index contributed by atoms with van der Waals surface area (Å²) in [7, 11) is 0. The predicted molar refractivity (Wildman–Crippen MR) is 115 cm³/mol. The second-order valence-corrected chi connectivity index (χ2v) is 7.57. The zero-order chi connectivity index (χ0) is 21.6. The monoisotopic (exact) mass is 421 g/mol. The Morgan fingerprint density at radius 2 is 2.03 bits per heavy atom. The van der Waals surface area contributed by atoms with Crippen LogP contribution in [0, 0.1) is 12.7 Å². The Labute approximate surface area is 180 Å². The molecule has 1 saturated heterocycles. The van der Waals surface area contributed by atoms with Crippen LogP contribution in [0.2, 0.25) is 0 Å². The van der Waals surface area contributed by atoms with E-state index in [1.807, 2.05) is 25.1 Å². The number of benzene rings is 1. The van der Waals surface area contributed by atoms with Crippen LogP contribution in [0.25, 0.3) is 0 Å². The van der Waals surface area contributed by atoms with E-state index < -0.39 is 0 Å². The summed E-state index contributed by atoms with van der Waals surface area (Å²) in [4.78, 5) is 27.7. The lowest BCUT2D eigenvalue weighted by Gasteiger charge is -2.32. The average molecular weight is 421 g/mol. The molecule has 0 aliphatic carbocycles. The maximum atomic E-state index is 13.0. The number of nitrogens with zero attached hydrogens (tertiary/aromatic N) is 4. The molecule has 1 aromatic carbocycles. The van der Waals surface area contributed by atoms with E-state index in [9.17, 15) is 9.18 Å². The average Bonchev–Trinajstić information content (AvgIpc) is 2.80. The number of likely N-dealkylation sites (tertiary alicyclic amines) is 1. The summed E-state index contributed by atoms with van der Waals surface area (Å²) in [6.07, 6.45) is 5.34. The van der Waals surface area contributed by atoms with E-state index in [-0.39, 0.29) is 24.2 Å². The minimum absolute atomic E-state index is 0.0754. The zero-order valence-electron chi connectivity index (χ0n) is 17.3. The topological polar surface area (TPSA) is 80.2 Å². The Morgan fingerprint density at radius 1 is 1.19 bits per heavy atom. The first-order valence-electron chi connectivity index (χ1n) is 10.3. The van der Waals surface area contributed by atoms with E-state index >= 15 is 0 Å². The predicted octanol–water partition coefficient (Wildman–Crippen LogP) is 3.85. The Bertz CT molecular complexity index is 1030. The van der Waals surface area contributed by atoms with E-state index in [2.05, 4.69) is 20.3 Å². The van der Waals surface area contributed by atoms with Gasteiger partial charge in [-0.15, -0.1) is 0 Å². The number of ether oxygens (including phenoxy) is 1. The summed E-state index contributed by atoms with van der Waals surface area (Å²) < 4.78 is 18.5. The normalized spacial score (nSPS) is 16.1. The molecule has 1 fully saturated rings. The molecule has 0 unspecified atom stereocenters. The first-order chi connectivity index (χ1) is 15.1. The fourth-order valence-corrected chi connectivity index (χ4v) is 3.53. The van der Waals surface area contributed by atoms with E-state index in [0.29, 0.717) is 30.6 Å². The number of hydrogen-bond acceptors (Lipinski definition) is 6. The molecule has 4 rings (SSSR count). The van der Waals surface area contributed by atoms with Crippen molar-refractivity contribution in [3.8, 4) is 5.75 Å². The molecule has 1 atom stereocenters. The third kappa shape index (κ3) is 5.53. The SMILES string of the molecule is Cc1ccc(Nc2nccc([C@H]3CCCN(C(=O)COc4ccc(F)cc4)C3)n2)nc1. The van der Waals surface area contributed by atoms with Gasteiger partial charge in [-0.2, -0.15) is 0 Å². The number of hydrogen-bond donors (Lipinski definition) is 1. The van der Waals surface area contributed by atoms with Crippen molar-refractivity contribution in [1.82, 2.24) is 19.9 Å². The molecular weight excluding hydrogens is 397 g/mol. The molecule has 1 aliphatic rings. The summed E-state index contributed by atoms with van der Waals surface area (Å²) in [6, 6.07) is 11.4. The van der Waals surface area contributed by atoms with E-state index in [1.54, 1.807) is 17.3 Å². The number of aryl methyl sites for hydroxylation is 1. The summed E-state index contributed by atoms with van der Waals surface area (Å²) in [6.45, 7) is 3.17. The van der Waals surface area contributed by atoms with E-state index in [0.717, 1.165) is 24.1 Å². The van der Waals surface area contributed by atoms with Crippen LogP contribution in [0.3, 0.4) is 0 Å². The minimum Gasteiger partial charge on any atom is -0.484 e. The van der Waals surface area contributed by atoms with E-state index in [4.69, 9.17) is 4.74 Å². The van der Waals surface area contributed by atoms with Crippen LogP contribution in [0.15, 0.2) is 54.9 Å². The molecule has 0 bridgehead atoms. The van der Waals surface area contributed by atoms with Crippen LogP contribution in [0.4, 0.5) is 16.2 Å². The number of piperidine rings is 1. The standard InChI is InChI=1S/C23H24FN5O2/c1-16-4-9-21(26-13-16)28-23-25-11-10-20(27-23)17-3-2-12-29(14-17)22(30)15-31-19-7-5-18(24)6-8-19/h4-11,13,17H,2-3,12,14-15H2,1H3,(H,25,26,27,28)/t17-/m0/s1. The second kappa shape index (κ2) is 9.51. The van der Waals surface area contributed by atoms with Crippen molar-refractivity contribution >= 4 is 17.7 Å². The molecule has 1 N–H and O–H groups in total. The number of nitrogens with one attached hydrogen (secondary N) is 1. The molecule has 31 heavy (non-hydrogen) atoms. The highest BCUT2D eigenvalue weighted by Crippen LogP contribution is 2.26. The Morgan fingerprint density at radius 3 is 2.81 bits per heavy atom. The molecular formula is C23H24FN5O2. The molecule has 7 nitrogen and oxygen atoms in total. The molecule has 1 aliphatic heterocycles. The van der Waals surface area contributed by atoms with Crippen molar-refractivity contribution in [2.75, 3.05) is 25.0 Å². The number of rotatable bonds is 6. The molecule has 160 valence electrons. The highest BCUT2D eigenvalue weighted by atomic mass is 19.1. The highest BCUT2D eigenvalue weighted by molar-refractivity contribution is 5.78. The molecule has 0 saturated carbocycles. The first kappa shape index (κ1) is 20.7. The van der Waals surface area contributed by atoms with Crippen LogP contribution in [0.1, 0.15) is 30.0 Å². The van der Waals surface area contributed by atoms with Crippen LogP contribution in [-0.2, 0) is 4.79 Å². The van der Waals surface area contributed by atoms with Crippen LogP contribution in [0.5, 0.6) is 5.75 Å². The largest absolute Gasteiger partial charge is 0.484 e. The van der Waals surface area contributed by atoms with Gasteiger partial charge in [0, 0.05) is 31.4 Å². The third-order valence-corrected chi connectivity index (χ3v) is 5.20. The lowest BCUT2D eigenvalue weighted by atomic mass is 9.94. The number of halogens is 1. The molecule has 2 aromatic heterocycles. The lowest BCUT2D eigenvalue weighted by Crippen LogP contribution is -2.41.